The zero-order chi connectivity index (χ0) is 15.1. The van der Waals surface area contributed by atoms with Crippen LogP contribution in [0.5, 0.6) is 0 Å². The molecule has 1 atom stereocenters. The van der Waals surface area contributed by atoms with Crippen molar-refractivity contribution in [2.24, 2.45) is 0 Å². The molecule has 0 heterocycles. The standard InChI is InChI=1S/C17H20F2N2/c1-2-20-11-12-21-17(13-7-9-14(18)10-8-13)15-5-3-4-6-16(15)19/h3-10,17,20-21H,2,11-12H2,1H3. The number of likely N-dealkylation sites (N-methyl/N-ethyl adjacent to an activating group) is 1. The van der Waals surface area contributed by atoms with Gasteiger partial charge in [0.25, 0.3) is 0 Å². The van der Waals surface area contributed by atoms with Gasteiger partial charge in [0.05, 0.1) is 6.04 Å². The van der Waals surface area contributed by atoms with Crippen molar-refractivity contribution in [3.8, 4) is 0 Å². The highest BCUT2D eigenvalue weighted by Crippen LogP contribution is 2.24. The first-order valence-corrected chi connectivity index (χ1v) is 7.16. The monoisotopic (exact) mass is 290 g/mol. The maximum absolute atomic E-state index is 14.1. The first-order valence-electron chi connectivity index (χ1n) is 7.16. The lowest BCUT2D eigenvalue weighted by atomic mass is 9.98. The Morgan fingerprint density at radius 3 is 2.33 bits per heavy atom. The molecule has 1 unspecified atom stereocenters. The van der Waals surface area contributed by atoms with Gasteiger partial charge in [-0.15, -0.1) is 0 Å². The molecule has 0 aromatic heterocycles. The summed E-state index contributed by atoms with van der Waals surface area (Å²) in [6.07, 6.45) is 0. The van der Waals surface area contributed by atoms with E-state index in [2.05, 4.69) is 10.6 Å². The Labute approximate surface area is 124 Å². The number of benzene rings is 2. The van der Waals surface area contributed by atoms with E-state index in [1.807, 2.05) is 6.92 Å². The Morgan fingerprint density at radius 2 is 1.67 bits per heavy atom. The molecular weight excluding hydrogens is 270 g/mol. The van der Waals surface area contributed by atoms with Crippen LogP contribution in [0.15, 0.2) is 48.5 Å². The van der Waals surface area contributed by atoms with Crippen LogP contribution in [0.4, 0.5) is 8.78 Å². The van der Waals surface area contributed by atoms with E-state index in [0.717, 1.165) is 18.7 Å². The van der Waals surface area contributed by atoms with Crippen molar-refractivity contribution in [2.45, 2.75) is 13.0 Å². The molecule has 0 spiro atoms. The Bertz CT molecular complexity index is 555. The smallest absolute Gasteiger partial charge is 0.128 e. The number of hydrogen-bond donors (Lipinski definition) is 2. The van der Waals surface area contributed by atoms with Crippen LogP contribution in [-0.4, -0.2) is 19.6 Å². The van der Waals surface area contributed by atoms with Crippen molar-refractivity contribution < 1.29 is 8.78 Å². The molecule has 2 aromatic carbocycles. The van der Waals surface area contributed by atoms with Crippen molar-refractivity contribution in [1.29, 1.82) is 0 Å². The van der Waals surface area contributed by atoms with E-state index in [-0.39, 0.29) is 17.7 Å². The van der Waals surface area contributed by atoms with Gasteiger partial charge in [0.2, 0.25) is 0 Å². The second kappa shape index (κ2) is 7.86. The van der Waals surface area contributed by atoms with E-state index in [4.69, 9.17) is 0 Å². The highest BCUT2D eigenvalue weighted by Gasteiger charge is 2.16. The molecule has 21 heavy (non-hydrogen) atoms. The molecule has 0 amide bonds. The molecule has 0 bridgehead atoms. The molecule has 112 valence electrons. The number of rotatable bonds is 7. The number of hydrogen-bond acceptors (Lipinski definition) is 2. The van der Waals surface area contributed by atoms with E-state index in [0.29, 0.717) is 12.1 Å². The summed E-state index contributed by atoms with van der Waals surface area (Å²) in [6, 6.07) is 12.6. The van der Waals surface area contributed by atoms with Gasteiger partial charge in [0.15, 0.2) is 0 Å². The molecule has 4 heteroatoms. The highest BCUT2D eigenvalue weighted by atomic mass is 19.1. The Kier molecular flexibility index (Phi) is 5.84. The average molecular weight is 290 g/mol. The van der Waals surface area contributed by atoms with Crippen LogP contribution < -0.4 is 10.6 Å². The molecule has 0 aliphatic rings. The third kappa shape index (κ3) is 4.34. The van der Waals surface area contributed by atoms with Crippen molar-refractivity contribution in [3.63, 3.8) is 0 Å². The number of halogens is 2. The molecule has 0 saturated carbocycles. The van der Waals surface area contributed by atoms with Crippen LogP contribution >= 0.6 is 0 Å². The Morgan fingerprint density at radius 1 is 0.952 bits per heavy atom. The molecule has 0 fully saturated rings. The fourth-order valence-electron chi connectivity index (χ4n) is 2.25. The summed E-state index contributed by atoms with van der Waals surface area (Å²) in [5.74, 6) is -0.554. The second-order valence-corrected chi connectivity index (χ2v) is 4.81. The average Bonchev–Trinajstić information content (AvgIpc) is 2.50. The third-order valence-corrected chi connectivity index (χ3v) is 3.32. The van der Waals surface area contributed by atoms with Crippen LogP contribution in [-0.2, 0) is 0 Å². The van der Waals surface area contributed by atoms with Crippen molar-refractivity contribution >= 4 is 0 Å². The minimum atomic E-state index is -0.293. The van der Waals surface area contributed by atoms with E-state index in [1.165, 1.54) is 18.2 Å². The fraction of sp³-hybridized carbons (Fsp3) is 0.294. The maximum Gasteiger partial charge on any atom is 0.128 e. The SMILES string of the molecule is CCNCCNC(c1ccc(F)cc1)c1ccccc1F. The van der Waals surface area contributed by atoms with Crippen molar-refractivity contribution in [3.05, 3.63) is 71.3 Å². The van der Waals surface area contributed by atoms with Crippen LogP contribution in [0.2, 0.25) is 0 Å². The summed E-state index contributed by atoms with van der Waals surface area (Å²) in [7, 11) is 0. The molecule has 0 aliphatic carbocycles. The van der Waals surface area contributed by atoms with E-state index in [1.54, 1.807) is 30.3 Å². The quantitative estimate of drug-likeness (QED) is 0.765. The minimum Gasteiger partial charge on any atom is -0.316 e. The first kappa shape index (κ1) is 15.6. The van der Waals surface area contributed by atoms with Crippen LogP contribution in [0.1, 0.15) is 24.1 Å². The zero-order valence-corrected chi connectivity index (χ0v) is 12.1. The van der Waals surface area contributed by atoms with Gasteiger partial charge in [-0.2, -0.15) is 0 Å². The van der Waals surface area contributed by atoms with Gasteiger partial charge in [-0.05, 0) is 30.3 Å². The van der Waals surface area contributed by atoms with Gasteiger partial charge >= 0.3 is 0 Å². The summed E-state index contributed by atoms with van der Waals surface area (Å²) < 4.78 is 27.1. The predicted molar refractivity (Wildman–Crippen MR) is 81.2 cm³/mol. The molecule has 2 nitrogen and oxygen atoms in total. The van der Waals surface area contributed by atoms with Gasteiger partial charge in [-0.25, -0.2) is 8.78 Å². The van der Waals surface area contributed by atoms with E-state index < -0.39 is 0 Å². The van der Waals surface area contributed by atoms with Gasteiger partial charge in [0, 0.05) is 18.7 Å². The Hall–Kier alpha value is -1.78. The van der Waals surface area contributed by atoms with Crippen molar-refractivity contribution in [2.75, 3.05) is 19.6 Å². The first-order chi connectivity index (χ1) is 10.2. The minimum absolute atomic E-state index is 0.261. The van der Waals surface area contributed by atoms with Gasteiger partial charge in [0.1, 0.15) is 11.6 Å². The predicted octanol–water partition coefficient (Wildman–Crippen LogP) is 3.25. The summed E-state index contributed by atoms with van der Waals surface area (Å²) in [4.78, 5) is 0. The number of nitrogens with one attached hydrogen (secondary N) is 2. The lowest BCUT2D eigenvalue weighted by Gasteiger charge is -2.20. The van der Waals surface area contributed by atoms with Crippen LogP contribution in [0.25, 0.3) is 0 Å². The topological polar surface area (TPSA) is 24.1 Å². The highest BCUT2D eigenvalue weighted by molar-refractivity contribution is 5.32. The molecule has 0 aliphatic heterocycles. The summed E-state index contributed by atoms with van der Waals surface area (Å²) in [5, 5.41) is 6.54. The molecular formula is C17H20F2N2. The van der Waals surface area contributed by atoms with E-state index >= 15 is 0 Å². The fourth-order valence-corrected chi connectivity index (χ4v) is 2.25. The Balaban J connectivity index is 2.22. The van der Waals surface area contributed by atoms with Gasteiger partial charge in [-0.1, -0.05) is 37.3 Å². The van der Waals surface area contributed by atoms with Crippen LogP contribution in [0.3, 0.4) is 0 Å². The normalized spacial score (nSPS) is 12.3. The van der Waals surface area contributed by atoms with E-state index in [9.17, 15) is 8.78 Å². The lowest BCUT2D eigenvalue weighted by Crippen LogP contribution is -2.31. The van der Waals surface area contributed by atoms with Gasteiger partial charge in [-0.3, -0.25) is 0 Å². The molecule has 2 rings (SSSR count). The molecule has 0 saturated heterocycles. The van der Waals surface area contributed by atoms with Crippen molar-refractivity contribution in [1.82, 2.24) is 10.6 Å². The van der Waals surface area contributed by atoms with Gasteiger partial charge < -0.3 is 10.6 Å². The molecule has 0 radical (unpaired) electrons. The lowest BCUT2D eigenvalue weighted by molar-refractivity contribution is 0.536. The van der Waals surface area contributed by atoms with Crippen LogP contribution in [0, 0.1) is 11.6 Å². The summed E-state index contributed by atoms with van der Waals surface area (Å²) >= 11 is 0. The molecule has 2 aromatic rings. The third-order valence-electron chi connectivity index (χ3n) is 3.32. The maximum atomic E-state index is 14.1. The molecule has 2 N–H and O–H groups in total. The summed E-state index contributed by atoms with van der Waals surface area (Å²) in [5.41, 5.74) is 1.42. The second-order valence-electron chi connectivity index (χ2n) is 4.81. The largest absolute Gasteiger partial charge is 0.316 e. The summed E-state index contributed by atoms with van der Waals surface area (Å²) in [6.45, 7) is 4.42. The zero-order valence-electron chi connectivity index (χ0n) is 12.1.